The molecule has 31 heavy (non-hydrogen) atoms. The molecule has 1 aromatic carbocycles. The summed E-state index contributed by atoms with van der Waals surface area (Å²) in [6, 6.07) is 8.58. The number of hydrogen-bond acceptors (Lipinski definition) is 5. The van der Waals surface area contributed by atoms with Crippen LogP contribution in [0.1, 0.15) is 40.4 Å². The van der Waals surface area contributed by atoms with Crippen molar-refractivity contribution in [2.75, 3.05) is 31.1 Å². The highest BCUT2D eigenvalue weighted by atomic mass is 16.2. The molecule has 0 unspecified atom stereocenters. The van der Waals surface area contributed by atoms with Gasteiger partial charge in [-0.1, -0.05) is 25.1 Å². The highest BCUT2D eigenvalue weighted by Gasteiger charge is 2.46. The number of aromatic nitrogens is 1. The van der Waals surface area contributed by atoms with Crippen LogP contribution in [0.25, 0.3) is 0 Å². The fourth-order valence-electron chi connectivity index (χ4n) is 4.39. The highest BCUT2D eigenvalue weighted by molar-refractivity contribution is 6.07. The van der Waals surface area contributed by atoms with Gasteiger partial charge in [0.25, 0.3) is 11.8 Å². The molecule has 2 aliphatic heterocycles. The van der Waals surface area contributed by atoms with Gasteiger partial charge in [-0.05, 0) is 49.1 Å². The van der Waals surface area contributed by atoms with Crippen LogP contribution in [0.4, 0.5) is 10.6 Å². The molecule has 1 aromatic heterocycles. The summed E-state index contributed by atoms with van der Waals surface area (Å²) < 4.78 is 0. The van der Waals surface area contributed by atoms with Crippen molar-refractivity contribution in [3.63, 3.8) is 0 Å². The van der Waals surface area contributed by atoms with E-state index in [4.69, 9.17) is 0 Å². The number of amides is 4. The van der Waals surface area contributed by atoms with E-state index in [9.17, 15) is 14.4 Å². The van der Waals surface area contributed by atoms with Crippen LogP contribution in [-0.4, -0.2) is 53.9 Å². The van der Waals surface area contributed by atoms with Crippen molar-refractivity contribution in [2.24, 2.45) is 0 Å². The van der Waals surface area contributed by atoms with Gasteiger partial charge in [0, 0.05) is 37.9 Å². The summed E-state index contributed by atoms with van der Waals surface area (Å²) in [4.78, 5) is 45.6. The van der Waals surface area contributed by atoms with E-state index in [0.717, 1.165) is 30.0 Å². The zero-order chi connectivity index (χ0) is 22.2. The van der Waals surface area contributed by atoms with E-state index in [1.165, 1.54) is 0 Å². The first-order valence-electron chi connectivity index (χ1n) is 10.6. The topological polar surface area (TPSA) is 94.6 Å². The van der Waals surface area contributed by atoms with E-state index in [0.29, 0.717) is 30.6 Å². The summed E-state index contributed by atoms with van der Waals surface area (Å²) in [5, 5.41) is 5.01. The third-order valence-corrected chi connectivity index (χ3v) is 6.15. The molecule has 2 saturated heterocycles. The molecule has 1 atom stereocenters. The van der Waals surface area contributed by atoms with Crippen LogP contribution in [0.2, 0.25) is 0 Å². The molecular weight excluding hydrogens is 394 g/mol. The Morgan fingerprint density at radius 1 is 1.10 bits per heavy atom. The number of carbonyl (C=O) groups excluding carboxylic acids is 3. The quantitative estimate of drug-likeness (QED) is 0.738. The molecule has 0 bridgehead atoms. The van der Waals surface area contributed by atoms with Crippen LogP contribution in [0, 0.1) is 13.8 Å². The number of pyridine rings is 1. The second-order valence-corrected chi connectivity index (χ2v) is 8.18. The van der Waals surface area contributed by atoms with Gasteiger partial charge in [0.05, 0.1) is 0 Å². The molecule has 2 aromatic rings. The average Bonchev–Trinajstić information content (AvgIpc) is 3.07. The maximum Gasteiger partial charge on any atom is 0.322 e. The molecular formula is C23H27N5O3. The smallest absolute Gasteiger partial charge is 0.322 e. The Balaban J connectivity index is 1.44. The molecule has 2 fully saturated rings. The van der Waals surface area contributed by atoms with Crippen LogP contribution in [-0.2, 0) is 10.3 Å². The minimum atomic E-state index is -1.08. The minimum absolute atomic E-state index is 0.0368. The fraction of sp³-hybridized carbons (Fsp3) is 0.391. The summed E-state index contributed by atoms with van der Waals surface area (Å²) in [6.07, 6.45) is 2.30. The second kappa shape index (κ2) is 8.02. The maximum atomic E-state index is 13.0. The van der Waals surface area contributed by atoms with Gasteiger partial charge >= 0.3 is 6.03 Å². The third kappa shape index (κ3) is 3.73. The molecule has 0 saturated carbocycles. The van der Waals surface area contributed by atoms with E-state index in [-0.39, 0.29) is 11.8 Å². The van der Waals surface area contributed by atoms with Gasteiger partial charge in [0.2, 0.25) is 0 Å². The van der Waals surface area contributed by atoms with Crippen LogP contribution in [0.15, 0.2) is 36.5 Å². The van der Waals surface area contributed by atoms with E-state index >= 15 is 0 Å². The molecule has 162 valence electrons. The molecule has 0 radical (unpaired) electrons. The Morgan fingerprint density at radius 2 is 1.77 bits per heavy atom. The lowest BCUT2D eigenvalue weighted by Crippen LogP contribution is -2.49. The first-order valence-corrected chi connectivity index (χ1v) is 10.6. The van der Waals surface area contributed by atoms with Gasteiger partial charge in [-0.25, -0.2) is 9.78 Å². The predicted molar refractivity (Wildman–Crippen MR) is 117 cm³/mol. The van der Waals surface area contributed by atoms with Gasteiger partial charge in [-0.3, -0.25) is 14.9 Å². The van der Waals surface area contributed by atoms with Gasteiger partial charge in [0.1, 0.15) is 11.4 Å². The number of nitrogens with one attached hydrogen (secondary N) is 2. The number of urea groups is 1. The standard InChI is InChI=1S/C23H27N5O3/c1-4-23(21(30)25-22(31)26-23)18-7-5-17(6-8-18)20(29)28-11-9-27(10-12-28)19-16(3)13-15(2)14-24-19/h5-8,13-14H,4,9-12H2,1-3H3,(H2,25,26,30,31)/t23-/m1/s1. The van der Waals surface area contributed by atoms with Crippen molar-refractivity contribution in [3.8, 4) is 0 Å². The van der Waals surface area contributed by atoms with Crippen molar-refractivity contribution in [3.05, 3.63) is 58.8 Å². The normalized spacial score (nSPS) is 21.1. The lowest BCUT2D eigenvalue weighted by atomic mass is 9.87. The van der Waals surface area contributed by atoms with Crippen LogP contribution in [0.5, 0.6) is 0 Å². The molecule has 4 amide bonds. The number of benzene rings is 1. The van der Waals surface area contributed by atoms with Gasteiger partial charge in [0.15, 0.2) is 0 Å². The Kier molecular flexibility index (Phi) is 5.39. The van der Waals surface area contributed by atoms with Crippen molar-refractivity contribution in [1.82, 2.24) is 20.5 Å². The summed E-state index contributed by atoms with van der Waals surface area (Å²) in [5.74, 6) is 0.573. The van der Waals surface area contributed by atoms with Crippen LogP contribution in [0.3, 0.4) is 0 Å². The lowest BCUT2D eigenvalue weighted by Gasteiger charge is -2.36. The molecule has 8 heteroatoms. The first-order chi connectivity index (χ1) is 14.8. The maximum absolute atomic E-state index is 13.0. The second-order valence-electron chi connectivity index (χ2n) is 8.18. The minimum Gasteiger partial charge on any atom is -0.353 e. The van der Waals surface area contributed by atoms with Crippen LogP contribution < -0.4 is 15.5 Å². The summed E-state index contributed by atoms with van der Waals surface area (Å²) in [6.45, 7) is 8.62. The molecule has 0 aliphatic carbocycles. The number of piperazine rings is 1. The predicted octanol–water partition coefficient (Wildman–Crippen LogP) is 2.11. The van der Waals surface area contributed by atoms with Crippen molar-refractivity contribution >= 4 is 23.7 Å². The van der Waals surface area contributed by atoms with Crippen molar-refractivity contribution in [2.45, 2.75) is 32.7 Å². The number of aryl methyl sites for hydroxylation is 2. The fourth-order valence-corrected chi connectivity index (χ4v) is 4.39. The van der Waals surface area contributed by atoms with Gasteiger partial charge in [-0.15, -0.1) is 0 Å². The molecule has 0 spiro atoms. The lowest BCUT2D eigenvalue weighted by molar-refractivity contribution is -0.124. The van der Waals surface area contributed by atoms with Gasteiger partial charge in [-0.2, -0.15) is 0 Å². The van der Waals surface area contributed by atoms with E-state index in [1.807, 2.05) is 24.9 Å². The average molecular weight is 422 g/mol. The van der Waals surface area contributed by atoms with Gasteiger partial charge < -0.3 is 15.1 Å². The highest BCUT2D eigenvalue weighted by Crippen LogP contribution is 2.29. The Labute approximate surface area is 181 Å². The zero-order valence-corrected chi connectivity index (χ0v) is 18.1. The third-order valence-electron chi connectivity index (χ3n) is 6.15. The SMILES string of the molecule is CC[C@]1(c2ccc(C(=O)N3CCN(c4ncc(C)cc4C)CC3)cc2)NC(=O)NC1=O. The summed E-state index contributed by atoms with van der Waals surface area (Å²) >= 11 is 0. The largest absolute Gasteiger partial charge is 0.353 e. The molecule has 4 rings (SSSR count). The zero-order valence-electron chi connectivity index (χ0n) is 18.1. The van der Waals surface area contributed by atoms with Crippen LogP contribution >= 0.6 is 0 Å². The van der Waals surface area contributed by atoms with E-state index in [1.54, 1.807) is 24.3 Å². The number of rotatable bonds is 4. The van der Waals surface area contributed by atoms with E-state index < -0.39 is 11.6 Å². The summed E-state index contributed by atoms with van der Waals surface area (Å²) in [5.41, 5.74) is 2.43. The summed E-state index contributed by atoms with van der Waals surface area (Å²) in [7, 11) is 0. The molecule has 3 heterocycles. The number of imide groups is 1. The molecule has 2 aliphatic rings. The Bertz CT molecular complexity index is 1030. The number of hydrogen-bond donors (Lipinski definition) is 2. The Hall–Kier alpha value is -3.42. The number of nitrogens with zero attached hydrogens (tertiary/aromatic N) is 3. The molecule has 2 N–H and O–H groups in total. The monoisotopic (exact) mass is 421 g/mol. The first kappa shape index (κ1) is 20.8. The van der Waals surface area contributed by atoms with Crippen molar-refractivity contribution in [1.29, 1.82) is 0 Å². The van der Waals surface area contributed by atoms with Crippen molar-refractivity contribution < 1.29 is 14.4 Å². The Morgan fingerprint density at radius 3 is 2.32 bits per heavy atom. The number of carbonyl (C=O) groups is 3. The van der Waals surface area contributed by atoms with E-state index in [2.05, 4.69) is 33.5 Å². The molecule has 8 nitrogen and oxygen atoms in total. The number of anilines is 1.